The van der Waals surface area contributed by atoms with Crippen LogP contribution in [-0.2, 0) is 6.54 Å². The molecule has 1 aromatic heterocycles. The lowest BCUT2D eigenvalue weighted by atomic mass is 10.3. The van der Waals surface area contributed by atoms with Crippen molar-refractivity contribution in [3.63, 3.8) is 0 Å². The lowest BCUT2D eigenvalue weighted by Crippen LogP contribution is -2.36. The molecule has 1 saturated carbocycles. The summed E-state index contributed by atoms with van der Waals surface area (Å²) in [5.41, 5.74) is 2.02. The van der Waals surface area contributed by atoms with E-state index in [2.05, 4.69) is 20.8 Å². The third kappa shape index (κ3) is 2.25. The molecule has 0 aromatic carbocycles. The van der Waals surface area contributed by atoms with Gasteiger partial charge in [0.05, 0.1) is 6.20 Å². The Kier molecular flexibility index (Phi) is 2.39. The standard InChI is InChI=1S/C9H14N4O/c1-6-7(5-11-13-6)4-10-9(14)12-8-2-3-8/h5,8H,2-4H2,1H3,(H,11,13)(H2,10,12,14). The highest BCUT2D eigenvalue weighted by Crippen LogP contribution is 2.18. The molecule has 0 unspecified atom stereocenters. The fourth-order valence-electron chi connectivity index (χ4n) is 1.19. The van der Waals surface area contributed by atoms with Crippen molar-refractivity contribution in [3.8, 4) is 0 Å². The van der Waals surface area contributed by atoms with Crippen LogP contribution in [0.3, 0.4) is 0 Å². The SMILES string of the molecule is Cc1[nH]ncc1CNC(=O)NC1CC1. The van der Waals surface area contributed by atoms with Gasteiger partial charge in [-0.2, -0.15) is 5.10 Å². The lowest BCUT2D eigenvalue weighted by Gasteiger charge is -2.05. The summed E-state index contributed by atoms with van der Waals surface area (Å²) in [6.45, 7) is 2.46. The van der Waals surface area contributed by atoms with E-state index < -0.39 is 0 Å². The summed E-state index contributed by atoms with van der Waals surface area (Å²) in [6, 6.07) is 0.313. The first-order valence-electron chi connectivity index (χ1n) is 4.79. The monoisotopic (exact) mass is 194 g/mol. The molecule has 2 amide bonds. The minimum absolute atomic E-state index is 0.0897. The largest absolute Gasteiger partial charge is 0.335 e. The van der Waals surface area contributed by atoms with Crippen molar-refractivity contribution in [2.45, 2.75) is 32.4 Å². The van der Waals surface area contributed by atoms with E-state index in [0.29, 0.717) is 12.6 Å². The van der Waals surface area contributed by atoms with Gasteiger partial charge < -0.3 is 10.6 Å². The predicted molar refractivity (Wildman–Crippen MR) is 51.7 cm³/mol. The van der Waals surface area contributed by atoms with Gasteiger partial charge in [-0.1, -0.05) is 0 Å². The van der Waals surface area contributed by atoms with Crippen molar-refractivity contribution in [3.05, 3.63) is 17.5 Å². The molecule has 76 valence electrons. The number of rotatable bonds is 3. The summed E-state index contributed by atoms with van der Waals surface area (Å²) in [5, 5.41) is 12.3. The van der Waals surface area contributed by atoms with Crippen LogP contribution < -0.4 is 10.6 Å². The van der Waals surface area contributed by atoms with Crippen molar-refractivity contribution in [1.82, 2.24) is 20.8 Å². The smallest absolute Gasteiger partial charge is 0.315 e. The van der Waals surface area contributed by atoms with Crippen LogP contribution in [0.15, 0.2) is 6.20 Å². The zero-order chi connectivity index (χ0) is 9.97. The fraction of sp³-hybridized carbons (Fsp3) is 0.556. The van der Waals surface area contributed by atoms with Crippen LogP contribution in [0.1, 0.15) is 24.1 Å². The Morgan fingerprint density at radius 2 is 2.50 bits per heavy atom. The average Bonchev–Trinajstić information content (AvgIpc) is 2.86. The van der Waals surface area contributed by atoms with Gasteiger partial charge in [0.2, 0.25) is 0 Å². The number of aromatic amines is 1. The maximum Gasteiger partial charge on any atom is 0.315 e. The van der Waals surface area contributed by atoms with Crippen molar-refractivity contribution >= 4 is 6.03 Å². The summed E-state index contributed by atoms with van der Waals surface area (Å²) < 4.78 is 0. The van der Waals surface area contributed by atoms with Gasteiger partial charge in [0.15, 0.2) is 0 Å². The number of nitrogens with zero attached hydrogens (tertiary/aromatic N) is 1. The Morgan fingerprint density at radius 3 is 3.07 bits per heavy atom. The van der Waals surface area contributed by atoms with E-state index in [4.69, 9.17) is 0 Å². The highest BCUT2D eigenvalue weighted by atomic mass is 16.2. The molecule has 14 heavy (non-hydrogen) atoms. The highest BCUT2D eigenvalue weighted by Gasteiger charge is 2.22. The Labute approximate surface area is 82.3 Å². The molecular formula is C9H14N4O. The molecule has 0 bridgehead atoms. The third-order valence-corrected chi connectivity index (χ3v) is 2.29. The molecule has 0 saturated heterocycles. The van der Waals surface area contributed by atoms with Gasteiger partial charge in [-0.3, -0.25) is 5.10 Å². The van der Waals surface area contributed by atoms with E-state index in [1.807, 2.05) is 6.92 Å². The Balaban J connectivity index is 1.76. The molecule has 1 aliphatic carbocycles. The Hall–Kier alpha value is -1.52. The minimum Gasteiger partial charge on any atom is -0.335 e. The van der Waals surface area contributed by atoms with Crippen LogP contribution in [0.5, 0.6) is 0 Å². The number of carbonyl (C=O) groups excluding carboxylic acids is 1. The van der Waals surface area contributed by atoms with Crippen LogP contribution in [0.4, 0.5) is 4.79 Å². The predicted octanol–water partition coefficient (Wildman–Crippen LogP) is 0.680. The highest BCUT2D eigenvalue weighted by molar-refractivity contribution is 5.74. The molecule has 2 rings (SSSR count). The van der Waals surface area contributed by atoms with Gasteiger partial charge in [0.1, 0.15) is 0 Å². The summed E-state index contributed by atoms with van der Waals surface area (Å²) in [5.74, 6) is 0. The number of amides is 2. The second kappa shape index (κ2) is 3.69. The number of H-pyrrole nitrogens is 1. The molecule has 1 aliphatic rings. The van der Waals surface area contributed by atoms with Gasteiger partial charge in [0.25, 0.3) is 0 Å². The number of carbonyl (C=O) groups is 1. The van der Waals surface area contributed by atoms with E-state index in [-0.39, 0.29) is 6.03 Å². The van der Waals surface area contributed by atoms with Gasteiger partial charge in [-0.05, 0) is 19.8 Å². The molecule has 0 spiro atoms. The molecule has 0 aliphatic heterocycles. The quantitative estimate of drug-likeness (QED) is 0.662. The van der Waals surface area contributed by atoms with Crippen molar-refractivity contribution in [1.29, 1.82) is 0 Å². The molecule has 3 N–H and O–H groups in total. The second-order valence-electron chi connectivity index (χ2n) is 3.62. The summed E-state index contributed by atoms with van der Waals surface area (Å²) in [6.07, 6.45) is 3.95. The first-order valence-corrected chi connectivity index (χ1v) is 4.79. The molecular weight excluding hydrogens is 180 g/mol. The fourth-order valence-corrected chi connectivity index (χ4v) is 1.19. The number of hydrogen-bond donors (Lipinski definition) is 3. The molecule has 5 heteroatoms. The van der Waals surface area contributed by atoms with E-state index >= 15 is 0 Å². The molecule has 0 radical (unpaired) electrons. The van der Waals surface area contributed by atoms with Crippen molar-refractivity contribution < 1.29 is 4.79 Å². The first kappa shape index (κ1) is 9.05. The van der Waals surface area contributed by atoms with E-state index in [1.54, 1.807) is 6.20 Å². The maximum atomic E-state index is 11.2. The van der Waals surface area contributed by atoms with Gasteiger partial charge in [-0.25, -0.2) is 4.79 Å². The molecule has 1 aromatic rings. The number of aromatic nitrogens is 2. The zero-order valence-corrected chi connectivity index (χ0v) is 8.13. The Morgan fingerprint density at radius 1 is 1.71 bits per heavy atom. The zero-order valence-electron chi connectivity index (χ0n) is 8.13. The number of hydrogen-bond acceptors (Lipinski definition) is 2. The van der Waals surface area contributed by atoms with Crippen LogP contribution in [-0.4, -0.2) is 22.3 Å². The summed E-state index contributed by atoms with van der Waals surface area (Å²) in [4.78, 5) is 11.2. The van der Waals surface area contributed by atoms with Crippen molar-refractivity contribution in [2.75, 3.05) is 0 Å². The molecule has 1 fully saturated rings. The van der Waals surface area contributed by atoms with Crippen LogP contribution >= 0.6 is 0 Å². The second-order valence-corrected chi connectivity index (χ2v) is 3.62. The summed E-state index contributed by atoms with van der Waals surface area (Å²) >= 11 is 0. The van der Waals surface area contributed by atoms with Gasteiger partial charge in [0, 0.05) is 23.8 Å². The molecule has 1 heterocycles. The van der Waals surface area contributed by atoms with Crippen LogP contribution in [0, 0.1) is 6.92 Å². The van der Waals surface area contributed by atoms with Gasteiger partial charge in [-0.15, -0.1) is 0 Å². The van der Waals surface area contributed by atoms with E-state index in [0.717, 1.165) is 24.1 Å². The topological polar surface area (TPSA) is 69.8 Å². The van der Waals surface area contributed by atoms with Gasteiger partial charge >= 0.3 is 6.03 Å². The van der Waals surface area contributed by atoms with E-state index in [1.165, 1.54) is 0 Å². The number of nitrogens with one attached hydrogen (secondary N) is 3. The van der Waals surface area contributed by atoms with Crippen molar-refractivity contribution in [2.24, 2.45) is 0 Å². The maximum absolute atomic E-state index is 11.2. The third-order valence-electron chi connectivity index (χ3n) is 2.29. The number of aryl methyl sites for hydroxylation is 1. The summed E-state index contributed by atoms with van der Waals surface area (Å²) in [7, 11) is 0. The lowest BCUT2D eigenvalue weighted by molar-refractivity contribution is 0.240. The van der Waals surface area contributed by atoms with Crippen LogP contribution in [0.2, 0.25) is 0 Å². The number of urea groups is 1. The molecule has 0 atom stereocenters. The van der Waals surface area contributed by atoms with E-state index in [9.17, 15) is 4.79 Å². The first-order chi connectivity index (χ1) is 6.75. The normalized spacial score (nSPS) is 15.2. The van der Waals surface area contributed by atoms with Crippen LogP contribution in [0.25, 0.3) is 0 Å². The molecule has 5 nitrogen and oxygen atoms in total. The minimum atomic E-state index is -0.0897. The Bertz CT molecular complexity index is 329. The average molecular weight is 194 g/mol.